The van der Waals surface area contributed by atoms with Crippen molar-refractivity contribution in [1.82, 2.24) is 20.1 Å². The first-order valence-corrected chi connectivity index (χ1v) is 22.6. The number of thioether (sulfide) groups is 1. The van der Waals surface area contributed by atoms with Gasteiger partial charge in [-0.2, -0.15) is 40.2 Å². The fourth-order valence-electron chi connectivity index (χ4n) is 6.59. The Morgan fingerprint density at radius 1 is 1.02 bits per heavy atom. The monoisotopic (exact) mass is 967 g/mol. The van der Waals surface area contributed by atoms with Crippen LogP contribution in [0.5, 0.6) is 0 Å². The molecule has 1 amide bonds. The second kappa shape index (κ2) is 22.1. The molecule has 64 heavy (non-hydrogen) atoms. The van der Waals surface area contributed by atoms with Crippen LogP contribution in [0.1, 0.15) is 77.9 Å². The number of benzene rings is 2. The number of anilines is 1. The zero-order valence-corrected chi connectivity index (χ0v) is 38.7. The summed E-state index contributed by atoms with van der Waals surface area (Å²) in [6, 6.07) is 6.73. The molecule has 21 heteroatoms. The van der Waals surface area contributed by atoms with Crippen molar-refractivity contribution >= 4 is 63.7 Å². The van der Waals surface area contributed by atoms with Gasteiger partial charge in [-0.3, -0.25) is 14.5 Å². The summed E-state index contributed by atoms with van der Waals surface area (Å²) in [6.07, 6.45) is -8.05. The summed E-state index contributed by atoms with van der Waals surface area (Å²) in [7, 11) is 0. The topological polar surface area (TPSA) is 110 Å². The van der Waals surface area contributed by atoms with Crippen molar-refractivity contribution in [1.29, 1.82) is 0 Å². The maximum Gasteiger partial charge on any atom is 0.431 e. The number of nitrogens with zero attached hydrogens (tertiary/aromatic N) is 4. The minimum Gasteiger partial charge on any atom is -0.394 e. The van der Waals surface area contributed by atoms with Gasteiger partial charge in [-0.05, 0) is 74.3 Å². The van der Waals surface area contributed by atoms with E-state index >= 15 is 8.78 Å². The molecule has 0 aliphatic heterocycles. The molecule has 8 nitrogen and oxygen atoms in total. The van der Waals surface area contributed by atoms with Gasteiger partial charge in [-0.25, -0.2) is 13.8 Å². The van der Waals surface area contributed by atoms with Gasteiger partial charge in [0, 0.05) is 35.4 Å². The van der Waals surface area contributed by atoms with E-state index in [1.165, 1.54) is 36.0 Å². The maximum absolute atomic E-state index is 15.1. The van der Waals surface area contributed by atoms with Crippen molar-refractivity contribution in [2.45, 2.75) is 96.9 Å². The molecule has 0 radical (unpaired) electrons. The third-order valence-electron chi connectivity index (χ3n) is 9.25. The van der Waals surface area contributed by atoms with Crippen LogP contribution in [-0.4, -0.2) is 68.5 Å². The summed E-state index contributed by atoms with van der Waals surface area (Å²) in [5.74, 6) is -2.46. The highest BCUT2D eigenvalue weighted by Gasteiger charge is 2.52. The SMILES string of the molecule is CC.CC.CSNc1nn(CC(F)(F)F)c2c(-c3ccc(C#CC(C)(C)SC)nc3C(Cc3cc(F)cc(F)c3)NC(=O)CN=C3/C(=C(\N)C(F)(F)F)[C@@H](C)CC3(F)F)ccc(Cl)c12. The third kappa shape index (κ3) is 13.5. The number of rotatable bonds is 11. The quantitative estimate of drug-likeness (QED) is 0.0780. The number of fused-ring (bicyclic) bond motifs is 1. The molecule has 1 saturated carbocycles. The number of aliphatic imine (C=N–C) groups is 1. The minimum absolute atomic E-state index is 0.0123. The number of pyridine rings is 1. The number of aromatic nitrogens is 3. The lowest BCUT2D eigenvalue weighted by atomic mass is 9.93. The van der Waals surface area contributed by atoms with E-state index in [2.05, 4.69) is 32.0 Å². The average Bonchev–Trinajstić information content (AvgIpc) is 3.67. The van der Waals surface area contributed by atoms with Crippen molar-refractivity contribution in [3.05, 3.63) is 87.3 Å². The van der Waals surface area contributed by atoms with Crippen LogP contribution in [0.15, 0.2) is 58.7 Å². The zero-order chi connectivity index (χ0) is 48.5. The van der Waals surface area contributed by atoms with Crippen LogP contribution in [-0.2, 0) is 17.8 Å². The molecule has 2 aromatic carbocycles. The number of hydrogen-bond donors (Lipinski definition) is 3. The number of nitrogens with one attached hydrogen (secondary N) is 2. The lowest BCUT2D eigenvalue weighted by Crippen LogP contribution is -2.34. The first-order valence-electron chi connectivity index (χ1n) is 19.7. The Kier molecular flexibility index (Phi) is 18.5. The molecule has 2 atom stereocenters. The van der Waals surface area contributed by atoms with E-state index in [9.17, 15) is 39.9 Å². The van der Waals surface area contributed by atoms with E-state index in [0.29, 0.717) is 10.7 Å². The molecule has 0 bridgehead atoms. The number of alkyl halides is 8. The van der Waals surface area contributed by atoms with Gasteiger partial charge in [-0.15, -0.1) is 11.8 Å². The van der Waals surface area contributed by atoms with Crippen LogP contribution in [0, 0.1) is 29.4 Å². The van der Waals surface area contributed by atoms with Crippen molar-refractivity contribution in [2.24, 2.45) is 16.6 Å². The number of carbonyl (C=O) groups is 1. The van der Waals surface area contributed by atoms with Crippen molar-refractivity contribution in [3.8, 4) is 23.0 Å². The van der Waals surface area contributed by atoms with Gasteiger partial charge in [0.1, 0.15) is 41.8 Å². The molecule has 0 spiro atoms. The van der Waals surface area contributed by atoms with Crippen LogP contribution in [0.4, 0.5) is 49.7 Å². The summed E-state index contributed by atoms with van der Waals surface area (Å²) in [4.78, 5) is 22.0. The lowest BCUT2D eigenvalue weighted by Gasteiger charge is -2.23. The first-order chi connectivity index (χ1) is 29.8. The van der Waals surface area contributed by atoms with Crippen LogP contribution in [0.2, 0.25) is 5.02 Å². The van der Waals surface area contributed by atoms with Gasteiger partial charge in [0.15, 0.2) is 5.82 Å². The highest BCUT2D eigenvalue weighted by atomic mass is 35.5. The average molecular weight is 968 g/mol. The summed E-state index contributed by atoms with van der Waals surface area (Å²) in [5, 5.41) is 6.80. The van der Waals surface area contributed by atoms with Gasteiger partial charge < -0.3 is 15.8 Å². The van der Waals surface area contributed by atoms with Crippen LogP contribution in [0.3, 0.4) is 0 Å². The van der Waals surface area contributed by atoms with Gasteiger partial charge in [0.2, 0.25) is 5.91 Å². The summed E-state index contributed by atoms with van der Waals surface area (Å²) >= 11 is 9.00. The molecule has 350 valence electrons. The number of amides is 1. The minimum atomic E-state index is -5.19. The van der Waals surface area contributed by atoms with Gasteiger partial charge >= 0.3 is 12.4 Å². The number of halogens is 11. The fraction of sp³-hybridized carbons (Fsp3) is 0.442. The second-order valence-corrected chi connectivity index (χ2v) is 16.7. The number of carbonyl (C=O) groups excluding carboxylic acids is 1. The number of nitrogens with two attached hydrogens (primary N) is 1. The maximum atomic E-state index is 15.1. The number of allylic oxidation sites excluding steroid dienone is 2. The largest absolute Gasteiger partial charge is 0.431 e. The molecule has 2 heterocycles. The van der Waals surface area contributed by atoms with Crippen LogP contribution in [0.25, 0.3) is 22.0 Å². The van der Waals surface area contributed by atoms with E-state index < -0.39 is 95.4 Å². The molecular weight excluding hydrogens is 920 g/mol. The predicted molar refractivity (Wildman–Crippen MR) is 238 cm³/mol. The Morgan fingerprint density at radius 3 is 2.19 bits per heavy atom. The summed E-state index contributed by atoms with van der Waals surface area (Å²) in [6.45, 7) is 10.0. The summed E-state index contributed by atoms with van der Waals surface area (Å²) < 4.78 is 145. The standard InChI is InChI=1S/C39H36ClF10N7OS2.2C2H6/c1-19-16-37(43,44)34(29(19)33(51)39(48,49)50)52-17-28(58)54-27(14-20-12-21(41)15-22(42)13-20)31-24(7-6-23(53-31)10-11-36(2,3)59-4)25-8-9-26(40)30-32(25)57(18-38(45,46)47)55-35(30)56-60-5;2*1-2/h6-9,12-13,15,19,27H,14,16-18,51H2,1-5H3,(H,54,58)(H,55,56);2*1-2H3/b33-29-,52-34?;;/t19-,27?;;/m0../s1. The van der Waals surface area contributed by atoms with Gasteiger partial charge in [0.05, 0.1) is 32.4 Å². The Labute approximate surface area is 378 Å². The lowest BCUT2D eigenvalue weighted by molar-refractivity contribution is -0.141. The van der Waals surface area contributed by atoms with E-state index in [1.54, 1.807) is 6.26 Å². The molecular formula is C43H48ClF10N7OS2. The molecule has 0 saturated heterocycles. The Morgan fingerprint density at radius 2 is 1.62 bits per heavy atom. The Hall–Kier alpha value is -4.61. The second-order valence-electron chi connectivity index (χ2n) is 14.2. The van der Waals surface area contributed by atoms with E-state index in [1.807, 2.05) is 47.8 Å². The Bertz CT molecular complexity index is 2400. The van der Waals surface area contributed by atoms with Crippen molar-refractivity contribution in [3.63, 3.8) is 0 Å². The van der Waals surface area contributed by atoms with E-state index in [0.717, 1.165) is 31.0 Å². The zero-order valence-electron chi connectivity index (χ0n) is 36.3. The smallest absolute Gasteiger partial charge is 0.394 e. The van der Waals surface area contributed by atoms with Crippen molar-refractivity contribution in [2.75, 3.05) is 23.8 Å². The van der Waals surface area contributed by atoms with Gasteiger partial charge in [0.25, 0.3) is 5.92 Å². The molecule has 4 N–H and O–H groups in total. The van der Waals surface area contributed by atoms with Crippen molar-refractivity contribution < 1.29 is 48.7 Å². The molecule has 2 aromatic heterocycles. The number of hydrogen-bond acceptors (Lipinski definition) is 8. The van der Waals surface area contributed by atoms with E-state index in [4.69, 9.17) is 22.3 Å². The van der Waals surface area contributed by atoms with Gasteiger partial charge in [-0.1, -0.05) is 70.2 Å². The molecule has 1 aliphatic rings. The third-order valence-corrected chi connectivity index (χ3v) is 11.1. The molecule has 1 fully saturated rings. The normalized spacial score (nSPS) is 16.8. The molecule has 5 rings (SSSR count). The van der Waals surface area contributed by atoms with Crippen LogP contribution < -0.4 is 15.8 Å². The highest BCUT2D eigenvalue weighted by Crippen LogP contribution is 2.44. The Balaban J connectivity index is 0.00000265. The molecule has 1 unspecified atom stereocenters. The van der Waals surface area contributed by atoms with Crippen LogP contribution >= 0.6 is 35.3 Å². The fourth-order valence-corrected chi connectivity index (χ4v) is 7.32. The summed E-state index contributed by atoms with van der Waals surface area (Å²) in [5.41, 5.74) is 1.13. The molecule has 4 aromatic rings. The highest BCUT2D eigenvalue weighted by molar-refractivity contribution is 8.00. The molecule has 1 aliphatic carbocycles. The predicted octanol–water partition coefficient (Wildman–Crippen LogP) is 12.1. The van der Waals surface area contributed by atoms with E-state index in [-0.39, 0.29) is 49.8 Å². The first kappa shape index (κ1) is 53.7.